The second kappa shape index (κ2) is 8.42. The molecule has 10 heteroatoms. The van der Waals surface area contributed by atoms with Gasteiger partial charge >= 0.3 is 0 Å². The van der Waals surface area contributed by atoms with Crippen molar-refractivity contribution in [3.8, 4) is 5.69 Å². The smallest absolute Gasteiger partial charge is 0.151 e. The van der Waals surface area contributed by atoms with Gasteiger partial charge in [0, 0.05) is 24.5 Å². The maximum Gasteiger partial charge on any atom is 0.151 e. The lowest BCUT2D eigenvalue weighted by molar-refractivity contribution is 0.258. The van der Waals surface area contributed by atoms with Crippen LogP contribution >= 0.6 is 0 Å². The molecule has 0 amide bonds. The van der Waals surface area contributed by atoms with Gasteiger partial charge in [0.25, 0.3) is 0 Å². The summed E-state index contributed by atoms with van der Waals surface area (Å²) in [4.78, 5) is 3.96. The molecule has 0 radical (unpaired) electrons. The van der Waals surface area contributed by atoms with Crippen molar-refractivity contribution in [1.29, 1.82) is 0 Å². The van der Waals surface area contributed by atoms with E-state index in [4.69, 9.17) is 4.74 Å². The Morgan fingerprint density at radius 2 is 1.74 bits per heavy atom. The molecule has 31 heavy (non-hydrogen) atoms. The van der Waals surface area contributed by atoms with E-state index in [0.717, 1.165) is 28.9 Å². The first-order chi connectivity index (χ1) is 14.9. The summed E-state index contributed by atoms with van der Waals surface area (Å²) in [7, 11) is 0. The van der Waals surface area contributed by atoms with Crippen LogP contribution in [0.25, 0.3) is 17.1 Å². The fourth-order valence-electron chi connectivity index (χ4n) is 2.92. The largest absolute Gasteiger partial charge is 0.485 e. The van der Waals surface area contributed by atoms with E-state index in [1.165, 1.54) is 24.7 Å². The molecule has 0 aliphatic rings. The van der Waals surface area contributed by atoms with E-state index in [9.17, 15) is 17.6 Å². The predicted octanol–water partition coefficient (Wildman–Crippen LogP) is 4.58. The average Bonchev–Trinajstić information content (AvgIpc) is 3.41. The summed E-state index contributed by atoms with van der Waals surface area (Å²) in [6, 6.07) is 6.21. The molecule has 0 fully saturated rings. The van der Waals surface area contributed by atoms with Crippen molar-refractivity contribution in [3.05, 3.63) is 95.8 Å². The van der Waals surface area contributed by atoms with Crippen LogP contribution < -0.4 is 0 Å². The van der Waals surface area contributed by atoms with Crippen LogP contribution in [0.4, 0.5) is 17.6 Å². The van der Waals surface area contributed by atoms with E-state index in [2.05, 4.69) is 15.3 Å². The van der Waals surface area contributed by atoms with Gasteiger partial charge in [0.15, 0.2) is 5.82 Å². The Bertz CT molecular complexity index is 1250. The molecule has 4 rings (SSSR count). The van der Waals surface area contributed by atoms with E-state index < -0.39 is 23.3 Å². The minimum Gasteiger partial charge on any atom is -0.485 e. The zero-order valence-electron chi connectivity index (χ0n) is 16.1. The number of allylic oxidation sites excluding steroid dienone is 1. The zero-order chi connectivity index (χ0) is 22.0. The lowest BCUT2D eigenvalue weighted by Gasteiger charge is -2.15. The van der Waals surface area contributed by atoms with Crippen LogP contribution in [0, 0.1) is 23.3 Å². The molecule has 158 valence electrons. The Kier molecular flexibility index (Phi) is 5.52. The molecule has 0 atom stereocenters. The number of hydrogen-bond donors (Lipinski definition) is 0. The van der Waals surface area contributed by atoms with Crippen LogP contribution in [0.1, 0.15) is 18.2 Å². The topological polar surface area (TPSA) is 57.8 Å². The minimum atomic E-state index is -0.803. The molecule has 4 aromatic rings. The number of halogens is 4. The summed E-state index contributed by atoms with van der Waals surface area (Å²) in [5.74, 6) is -2.90. The van der Waals surface area contributed by atoms with Crippen LogP contribution in [0.5, 0.6) is 0 Å². The van der Waals surface area contributed by atoms with Crippen LogP contribution in [0.3, 0.4) is 0 Å². The van der Waals surface area contributed by atoms with Crippen molar-refractivity contribution >= 4 is 11.5 Å². The van der Waals surface area contributed by atoms with Crippen LogP contribution in [0.15, 0.2) is 61.3 Å². The molecule has 0 spiro atoms. The maximum atomic E-state index is 14.4. The van der Waals surface area contributed by atoms with Gasteiger partial charge in [-0.15, -0.1) is 5.10 Å². The molecular weight excluding hydrogens is 414 g/mol. The van der Waals surface area contributed by atoms with Crippen molar-refractivity contribution < 1.29 is 22.3 Å². The van der Waals surface area contributed by atoms with Crippen molar-refractivity contribution in [3.63, 3.8) is 0 Å². The standard InChI is InChI=1S/C21H15F4N5O/c1-13(29-7-6-26-12-29)21(17-4-2-14(22)8-18(17)24)31-11-16-10-30(28-27-16)20-5-3-15(23)9-19(20)25/h2-10,12H,11H2,1H3/b21-13-. The second-order valence-corrected chi connectivity index (χ2v) is 6.55. The highest BCUT2D eigenvalue weighted by atomic mass is 19.1. The Labute approximate surface area is 174 Å². The summed E-state index contributed by atoms with van der Waals surface area (Å²) in [6.07, 6.45) is 6.11. The van der Waals surface area contributed by atoms with Gasteiger partial charge in [0.2, 0.25) is 0 Å². The fourth-order valence-corrected chi connectivity index (χ4v) is 2.92. The van der Waals surface area contributed by atoms with E-state index in [0.29, 0.717) is 11.4 Å². The highest BCUT2D eigenvalue weighted by molar-refractivity contribution is 5.78. The van der Waals surface area contributed by atoms with Gasteiger partial charge in [-0.1, -0.05) is 5.21 Å². The number of ether oxygens (including phenoxy) is 1. The van der Waals surface area contributed by atoms with Gasteiger partial charge in [-0.3, -0.25) is 0 Å². The van der Waals surface area contributed by atoms with Gasteiger partial charge in [-0.05, 0) is 31.2 Å². The highest BCUT2D eigenvalue weighted by Crippen LogP contribution is 2.27. The number of rotatable bonds is 6. The fraction of sp³-hybridized carbons (Fsp3) is 0.0952. The summed E-state index contributed by atoms with van der Waals surface area (Å²) in [5.41, 5.74) is 0.863. The van der Waals surface area contributed by atoms with Crippen molar-refractivity contribution in [2.45, 2.75) is 13.5 Å². The number of imidazole rings is 1. The first kappa shape index (κ1) is 20.3. The molecule has 0 unspecified atom stereocenters. The zero-order valence-corrected chi connectivity index (χ0v) is 16.1. The van der Waals surface area contributed by atoms with Crippen LogP contribution in [0.2, 0.25) is 0 Å². The van der Waals surface area contributed by atoms with Gasteiger partial charge in [0.1, 0.15) is 41.2 Å². The number of nitrogens with zero attached hydrogens (tertiary/aromatic N) is 5. The van der Waals surface area contributed by atoms with Crippen molar-refractivity contribution in [2.75, 3.05) is 0 Å². The average molecular weight is 429 g/mol. The summed E-state index contributed by atoms with van der Waals surface area (Å²) in [6.45, 7) is 1.55. The van der Waals surface area contributed by atoms with E-state index in [1.54, 1.807) is 23.9 Å². The normalized spacial score (nSPS) is 12.0. The second-order valence-electron chi connectivity index (χ2n) is 6.55. The van der Waals surface area contributed by atoms with Crippen molar-refractivity contribution in [2.24, 2.45) is 0 Å². The number of hydrogen-bond acceptors (Lipinski definition) is 4. The first-order valence-corrected chi connectivity index (χ1v) is 9.06. The first-order valence-electron chi connectivity index (χ1n) is 9.06. The summed E-state index contributed by atoms with van der Waals surface area (Å²) < 4.78 is 63.5. The molecule has 2 aromatic heterocycles. The third kappa shape index (κ3) is 4.32. The quantitative estimate of drug-likeness (QED) is 0.333. The Balaban J connectivity index is 1.63. The molecule has 0 saturated carbocycles. The van der Waals surface area contributed by atoms with Gasteiger partial charge in [-0.2, -0.15) is 0 Å². The molecule has 0 aliphatic carbocycles. The number of benzene rings is 2. The van der Waals surface area contributed by atoms with Crippen LogP contribution in [-0.4, -0.2) is 24.5 Å². The van der Waals surface area contributed by atoms with Gasteiger partial charge < -0.3 is 9.30 Å². The van der Waals surface area contributed by atoms with E-state index in [-0.39, 0.29) is 23.6 Å². The summed E-state index contributed by atoms with van der Waals surface area (Å²) >= 11 is 0. The highest BCUT2D eigenvalue weighted by Gasteiger charge is 2.17. The molecule has 2 heterocycles. The molecule has 0 saturated heterocycles. The molecule has 0 N–H and O–H groups in total. The monoisotopic (exact) mass is 429 g/mol. The lowest BCUT2D eigenvalue weighted by atomic mass is 10.1. The van der Waals surface area contributed by atoms with Gasteiger partial charge in [0.05, 0.1) is 23.8 Å². The minimum absolute atomic E-state index is 0.00934. The Hall–Kier alpha value is -3.95. The molecule has 2 aromatic carbocycles. The number of aromatic nitrogens is 5. The van der Waals surface area contributed by atoms with Gasteiger partial charge in [-0.25, -0.2) is 27.2 Å². The summed E-state index contributed by atoms with van der Waals surface area (Å²) in [5, 5.41) is 7.73. The molecule has 6 nitrogen and oxygen atoms in total. The Morgan fingerprint density at radius 1 is 1.00 bits per heavy atom. The molecule has 0 aliphatic heterocycles. The van der Waals surface area contributed by atoms with E-state index >= 15 is 0 Å². The van der Waals surface area contributed by atoms with Crippen molar-refractivity contribution in [1.82, 2.24) is 24.5 Å². The third-order valence-electron chi connectivity index (χ3n) is 4.46. The van der Waals surface area contributed by atoms with Crippen LogP contribution in [-0.2, 0) is 11.3 Å². The maximum absolute atomic E-state index is 14.4. The Morgan fingerprint density at radius 3 is 2.42 bits per heavy atom. The molecular formula is C21H15F4N5O. The third-order valence-corrected chi connectivity index (χ3v) is 4.46. The van der Waals surface area contributed by atoms with E-state index in [1.807, 2.05) is 0 Å². The molecule has 0 bridgehead atoms. The lowest BCUT2D eigenvalue weighted by Crippen LogP contribution is -2.03. The predicted molar refractivity (Wildman–Crippen MR) is 103 cm³/mol. The SMILES string of the molecule is C/C(=C(/OCc1cn(-c2ccc(F)cc2F)nn1)c1ccc(F)cc1F)n1ccnc1.